The zero-order valence-electron chi connectivity index (χ0n) is 12.7. The van der Waals surface area contributed by atoms with Crippen LogP contribution < -0.4 is 10.1 Å². The molecule has 0 aliphatic carbocycles. The van der Waals surface area contributed by atoms with Gasteiger partial charge in [-0.15, -0.1) is 0 Å². The van der Waals surface area contributed by atoms with Crippen molar-refractivity contribution in [2.75, 3.05) is 19.0 Å². The number of hydrogen-bond donors (Lipinski definition) is 1. The molecule has 1 amide bonds. The molecule has 0 bridgehead atoms. The van der Waals surface area contributed by atoms with Crippen molar-refractivity contribution in [1.82, 2.24) is 0 Å². The fraction of sp³-hybridized carbons (Fsp3) is 0.111. The van der Waals surface area contributed by atoms with Crippen molar-refractivity contribution in [3.63, 3.8) is 0 Å². The highest BCUT2D eigenvalue weighted by molar-refractivity contribution is 6.01. The van der Waals surface area contributed by atoms with Gasteiger partial charge in [-0.2, -0.15) is 0 Å². The summed E-state index contributed by atoms with van der Waals surface area (Å²) in [7, 11) is 1.60. The first-order valence-electron chi connectivity index (χ1n) is 7.17. The van der Waals surface area contributed by atoms with Gasteiger partial charge in [0.05, 0.1) is 12.8 Å². The van der Waals surface area contributed by atoms with Crippen LogP contribution in [0, 0.1) is 0 Å². The normalized spacial score (nSPS) is 15.0. The van der Waals surface area contributed by atoms with Gasteiger partial charge in [-0.3, -0.25) is 4.79 Å². The maximum Gasteiger partial charge on any atom is 0.250 e. The maximum atomic E-state index is 12.0. The van der Waals surface area contributed by atoms with Crippen LogP contribution in [-0.4, -0.2) is 25.5 Å². The number of hydrogen-bond acceptors (Lipinski definition) is 4. The number of benzene rings is 2. The topological polar surface area (TPSA) is 59.9 Å². The summed E-state index contributed by atoms with van der Waals surface area (Å²) >= 11 is 0. The SMILES string of the molecule is COc1ccc(NC(=O)/C=C2\COC(c3ccccc3)=N2)cc1. The van der Waals surface area contributed by atoms with E-state index in [2.05, 4.69) is 10.3 Å². The fourth-order valence-corrected chi connectivity index (χ4v) is 2.14. The Morgan fingerprint density at radius 3 is 2.61 bits per heavy atom. The monoisotopic (exact) mass is 308 g/mol. The van der Waals surface area contributed by atoms with Crippen LogP contribution in [0.25, 0.3) is 0 Å². The molecule has 3 rings (SSSR count). The third kappa shape index (κ3) is 3.77. The minimum absolute atomic E-state index is 0.244. The molecular formula is C18H16N2O3. The lowest BCUT2D eigenvalue weighted by Gasteiger charge is -2.03. The summed E-state index contributed by atoms with van der Waals surface area (Å²) in [6, 6.07) is 16.7. The second-order valence-corrected chi connectivity index (χ2v) is 4.93. The predicted octanol–water partition coefficient (Wildman–Crippen LogP) is 2.99. The minimum Gasteiger partial charge on any atom is -0.497 e. The van der Waals surface area contributed by atoms with Crippen molar-refractivity contribution in [2.24, 2.45) is 4.99 Å². The van der Waals surface area contributed by atoms with E-state index in [0.717, 1.165) is 11.3 Å². The first-order chi connectivity index (χ1) is 11.2. The van der Waals surface area contributed by atoms with Gasteiger partial charge >= 0.3 is 0 Å². The van der Waals surface area contributed by atoms with E-state index in [9.17, 15) is 4.79 Å². The summed E-state index contributed by atoms with van der Waals surface area (Å²) in [5.41, 5.74) is 2.18. The van der Waals surface area contributed by atoms with Crippen LogP contribution in [0.4, 0.5) is 5.69 Å². The van der Waals surface area contributed by atoms with Crippen LogP contribution >= 0.6 is 0 Å². The minimum atomic E-state index is -0.244. The molecule has 5 heteroatoms. The Hall–Kier alpha value is -3.08. The Labute approximate surface area is 134 Å². The molecule has 1 aliphatic heterocycles. The molecular weight excluding hydrogens is 292 g/mol. The van der Waals surface area contributed by atoms with Gasteiger partial charge in [0.1, 0.15) is 12.4 Å². The molecule has 0 saturated carbocycles. The van der Waals surface area contributed by atoms with Crippen LogP contribution in [0.3, 0.4) is 0 Å². The summed E-state index contributed by atoms with van der Waals surface area (Å²) in [4.78, 5) is 16.4. The Bertz CT molecular complexity index is 750. The molecule has 2 aromatic rings. The van der Waals surface area contributed by atoms with Crippen LogP contribution in [0.5, 0.6) is 5.75 Å². The molecule has 5 nitrogen and oxygen atoms in total. The number of anilines is 1. The summed E-state index contributed by atoms with van der Waals surface area (Å²) in [5.74, 6) is 1.03. The highest BCUT2D eigenvalue weighted by Crippen LogP contribution is 2.17. The Kier molecular flexibility index (Phi) is 4.38. The molecule has 116 valence electrons. The predicted molar refractivity (Wildman–Crippen MR) is 88.6 cm³/mol. The van der Waals surface area contributed by atoms with Crippen LogP contribution in [-0.2, 0) is 9.53 Å². The van der Waals surface area contributed by atoms with Crippen molar-refractivity contribution < 1.29 is 14.3 Å². The number of methoxy groups -OCH3 is 1. The summed E-state index contributed by atoms with van der Waals surface area (Å²) in [6.45, 7) is 0.292. The first-order valence-corrected chi connectivity index (χ1v) is 7.17. The fourth-order valence-electron chi connectivity index (χ4n) is 2.14. The van der Waals surface area contributed by atoms with E-state index >= 15 is 0 Å². The van der Waals surface area contributed by atoms with Crippen molar-refractivity contribution in [3.8, 4) is 5.75 Å². The van der Waals surface area contributed by atoms with E-state index in [1.54, 1.807) is 31.4 Å². The number of amides is 1. The smallest absolute Gasteiger partial charge is 0.250 e. The Morgan fingerprint density at radius 1 is 1.17 bits per heavy atom. The molecule has 23 heavy (non-hydrogen) atoms. The lowest BCUT2D eigenvalue weighted by molar-refractivity contribution is -0.112. The van der Waals surface area contributed by atoms with E-state index in [0.29, 0.717) is 23.9 Å². The molecule has 0 radical (unpaired) electrons. The largest absolute Gasteiger partial charge is 0.497 e. The van der Waals surface area contributed by atoms with E-state index in [4.69, 9.17) is 9.47 Å². The number of carbonyl (C=O) groups excluding carboxylic acids is 1. The van der Waals surface area contributed by atoms with Crippen LogP contribution in [0.15, 0.2) is 71.4 Å². The molecule has 2 aromatic carbocycles. The number of carbonyl (C=O) groups is 1. The second kappa shape index (κ2) is 6.79. The van der Waals surface area contributed by atoms with E-state index in [1.165, 1.54) is 6.08 Å². The van der Waals surface area contributed by atoms with Gasteiger partial charge in [-0.05, 0) is 36.4 Å². The lowest BCUT2D eigenvalue weighted by atomic mass is 10.2. The molecule has 0 spiro atoms. The summed E-state index contributed by atoms with van der Waals surface area (Å²) < 4.78 is 10.6. The van der Waals surface area contributed by atoms with Gasteiger partial charge in [-0.25, -0.2) is 4.99 Å². The van der Waals surface area contributed by atoms with Crippen molar-refractivity contribution in [3.05, 3.63) is 71.9 Å². The second-order valence-electron chi connectivity index (χ2n) is 4.93. The van der Waals surface area contributed by atoms with Gasteiger partial charge in [0.2, 0.25) is 11.8 Å². The zero-order valence-corrected chi connectivity index (χ0v) is 12.7. The molecule has 1 aliphatic rings. The Balaban J connectivity index is 1.67. The lowest BCUT2D eigenvalue weighted by Crippen LogP contribution is -2.09. The van der Waals surface area contributed by atoms with Gasteiger partial charge in [0.25, 0.3) is 0 Å². The average Bonchev–Trinajstić information content (AvgIpc) is 3.04. The zero-order chi connectivity index (χ0) is 16.1. The third-order valence-corrected chi connectivity index (χ3v) is 3.28. The van der Waals surface area contributed by atoms with Crippen molar-refractivity contribution >= 4 is 17.5 Å². The van der Waals surface area contributed by atoms with Gasteiger partial charge < -0.3 is 14.8 Å². The summed E-state index contributed by atoms with van der Waals surface area (Å²) in [5, 5.41) is 2.78. The summed E-state index contributed by atoms with van der Waals surface area (Å²) in [6.07, 6.45) is 1.44. The molecule has 0 fully saturated rings. The Morgan fingerprint density at radius 2 is 1.91 bits per heavy atom. The number of rotatable bonds is 4. The van der Waals surface area contributed by atoms with E-state index < -0.39 is 0 Å². The number of nitrogens with zero attached hydrogens (tertiary/aromatic N) is 1. The molecule has 1 heterocycles. The third-order valence-electron chi connectivity index (χ3n) is 3.28. The number of aliphatic imine (C=N–C) groups is 1. The van der Waals surface area contributed by atoms with E-state index in [1.807, 2.05) is 30.3 Å². The number of nitrogens with one attached hydrogen (secondary N) is 1. The van der Waals surface area contributed by atoms with Gasteiger partial charge in [0.15, 0.2) is 0 Å². The molecule has 0 atom stereocenters. The quantitative estimate of drug-likeness (QED) is 0.883. The van der Waals surface area contributed by atoms with Crippen LogP contribution in [0.1, 0.15) is 5.56 Å². The van der Waals surface area contributed by atoms with Crippen LogP contribution in [0.2, 0.25) is 0 Å². The molecule has 0 aromatic heterocycles. The van der Waals surface area contributed by atoms with Crippen molar-refractivity contribution in [2.45, 2.75) is 0 Å². The number of ether oxygens (including phenoxy) is 2. The average molecular weight is 308 g/mol. The van der Waals surface area contributed by atoms with Gasteiger partial charge in [-0.1, -0.05) is 18.2 Å². The maximum absolute atomic E-state index is 12.0. The highest BCUT2D eigenvalue weighted by atomic mass is 16.5. The highest BCUT2D eigenvalue weighted by Gasteiger charge is 2.15. The standard InChI is InChI=1S/C18H16N2O3/c1-22-16-9-7-14(8-10-16)19-17(21)11-15-12-23-18(20-15)13-5-3-2-4-6-13/h2-11H,12H2,1H3,(H,19,21)/b15-11+. The van der Waals surface area contributed by atoms with Gasteiger partial charge in [0, 0.05) is 17.3 Å². The van der Waals surface area contributed by atoms with E-state index in [-0.39, 0.29) is 5.91 Å². The molecule has 0 unspecified atom stereocenters. The molecule has 1 N–H and O–H groups in total. The first kappa shape index (κ1) is 14.8. The van der Waals surface area contributed by atoms with Crippen molar-refractivity contribution in [1.29, 1.82) is 0 Å². The molecule has 0 saturated heterocycles.